The molecule has 0 aliphatic heterocycles. The van der Waals surface area contributed by atoms with E-state index >= 15 is 0 Å². The molecule has 0 radical (unpaired) electrons. The fourth-order valence-electron chi connectivity index (χ4n) is 4.31. The first-order valence-electron chi connectivity index (χ1n) is 12.9. The average Bonchev–Trinajstić information content (AvgIpc) is 2.99. The Morgan fingerprint density at radius 2 is 0.675 bits per heavy atom. The van der Waals surface area contributed by atoms with Crippen molar-refractivity contribution in [1.82, 2.24) is 0 Å². The molecule has 0 unspecified atom stereocenters. The van der Waals surface area contributed by atoms with E-state index in [0.717, 1.165) is 0 Å². The number of ether oxygens (including phenoxy) is 2. The molecule has 0 atom stereocenters. The molecule has 0 fully saturated rings. The maximum absolute atomic E-state index is 13.7. The Bertz CT molecular complexity index is 1390. The van der Waals surface area contributed by atoms with Gasteiger partial charge in [0.25, 0.3) is 0 Å². The van der Waals surface area contributed by atoms with Crippen molar-refractivity contribution >= 4 is 34.9 Å². The van der Waals surface area contributed by atoms with Crippen LogP contribution in [0.1, 0.15) is 11.1 Å². The molecule has 2 amide bonds. The predicted octanol–water partition coefficient (Wildman–Crippen LogP) is 8.98. The van der Waals surface area contributed by atoms with Gasteiger partial charge in [0, 0.05) is 0 Å². The molecule has 0 saturated carbocycles. The molecule has 198 valence electrons. The highest BCUT2D eigenvalue weighted by atomic mass is 16.6. The summed E-state index contributed by atoms with van der Waals surface area (Å²) in [6.07, 6.45) is -1.27. The number of hydrogen-bond donors (Lipinski definition) is 0. The van der Waals surface area contributed by atoms with Gasteiger partial charge < -0.3 is 9.47 Å². The van der Waals surface area contributed by atoms with Crippen molar-refractivity contribution in [2.24, 2.45) is 0 Å². The Kier molecular flexibility index (Phi) is 7.88. The van der Waals surface area contributed by atoms with Gasteiger partial charge in [0.05, 0.1) is 22.7 Å². The lowest BCUT2D eigenvalue weighted by atomic mass is 10.1. The quantitative estimate of drug-likeness (QED) is 0.221. The lowest BCUT2D eigenvalue weighted by Crippen LogP contribution is -2.31. The van der Waals surface area contributed by atoms with Crippen molar-refractivity contribution in [2.45, 2.75) is 13.8 Å². The summed E-state index contributed by atoms with van der Waals surface area (Å²) >= 11 is 0. The van der Waals surface area contributed by atoms with Gasteiger partial charge in [0.1, 0.15) is 0 Å². The molecule has 0 aliphatic rings. The number of amides is 2. The van der Waals surface area contributed by atoms with Gasteiger partial charge in [-0.3, -0.25) is 0 Å². The molecule has 0 aliphatic carbocycles. The van der Waals surface area contributed by atoms with Crippen molar-refractivity contribution in [3.63, 3.8) is 0 Å². The molecule has 0 bridgehead atoms. The van der Waals surface area contributed by atoms with Gasteiger partial charge in [-0.05, 0) is 73.5 Å². The van der Waals surface area contributed by atoms with E-state index in [1.807, 2.05) is 133 Å². The topological polar surface area (TPSA) is 59.1 Å². The van der Waals surface area contributed by atoms with Gasteiger partial charge in [-0.2, -0.15) is 0 Å². The molecule has 40 heavy (non-hydrogen) atoms. The van der Waals surface area contributed by atoms with Crippen LogP contribution in [0.4, 0.5) is 32.3 Å². The Hall–Kier alpha value is -5.36. The third kappa shape index (κ3) is 5.71. The number of carbonyl (C=O) groups is 2. The van der Waals surface area contributed by atoms with Crippen LogP contribution in [-0.2, 0) is 0 Å². The first kappa shape index (κ1) is 26.3. The van der Waals surface area contributed by atoms with Gasteiger partial charge in [0.2, 0.25) is 0 Å². The van der Waals surface area contributed by atoms with E-state index in [4.69, 9.17) is 9.47 Å². The van der Waals surface area contributed by atoms with E-state index in [1.54, 1.807) is 13.8 Å². The lowest BCUT2D eigenvalue weighted by Gasteiger charge is -2.25. The summed E-state index contributed by atoms with van der Waals surface area (Å²) in [5, 5.41) is 0. The van der Waals surface area contributed by atoms with Crippen LogP contribution in [0, 0.1) is 13.8 Å². The number of anilines is 4. The number of para-hydroxylation sites is 4. The maximum Gasteiger partial charge on any atom is 0.424 e. The molecule has 6 heteroatoms. The number of nitrogens with zero attached hydrogens (tertiary/aromatic N) is 2. The SMILES string of the molecule is Cc1ccc(C)c(OC(=O)N(c2ccccc2)c2ccccc2)c1OC(=O)N(c1ccccc1)c1ccccc1. The van der Waals surface area contributed by atoms with E-state index in [1.165, 1.54) is 9.80 Å². The summed E-state index contributed by atoms with van der Waals surface area (Å²) in [6, 6.07) is 40.6. The monoisotopic (exact) mass is 528 g/mol. The fraction of sp³-hybridized carbons (Fsp3) is 0.0588. The molecule has 0 N–H and O–H groups in total. The van der Waals surface area contributed by atoms with Crippen LogP contribution in [0.5, 0.6) is 11.5 Å². The van der Waals surface area contributed by atoms with E-state index in [-0.39, 0.29) is 11.5 Å². The molecule has 0 heterocycles. The zero-order valence-electron chi connectivity index (χ0n) is 22.2. The van der Waals surface area contributed by atoms with Gasteiger partial charge in [-0.25, -0.2) is 19.4 Å². The molecule has 0 spiro atoms. The Balaban J connectivity index is 1.51. The van der Waals surface area contributed by atoms with Crippen LogP contribution in [-0.4, -0.2) is 12.2 Å². The fourth-order valence-corrected chi connectivity index (χ4v) is 4.31. The van der Waals surface area contributed by atoms with Gasteiger partial charge >= 0.3 is 12.2 Å². The third-order valence-corrected chi connectivity index (χ3v) is 6.31. The van der Waals surface area contributed by atoms with Crippen molar-refractivity contribution < 1.29 is 19.1 Å². The number of benzene rings is 5. The van der Waals surface area contributed by atoms with E-state index < -0.39 is 12.2 Å². The van der Waals surface area contributed by atoms with Crippen molar-refractivity contribution in [2.75, 3.05) is 9.80 Å². The zero-order valence-corrected chi connectivity index (χ0v) is 22.2. The smallest absolute Gasteiger partial charge is 0.405 e. The minimum atomic E-state index is -0.633. The van der Waals surface area contributed by atoms with Crippen LogP contribution >= 0.6 is 0 Å². The minimum absolute atomic E-state index is 0.177. The van der Waals surface area contributed by atoms with Crippen molar-refractivity contribution in [3.8, 4) is 11.5 Å². The summed E-state index contributed by atoms with van der Waals surface area (Å²) in [5.41, 5.74) is 3.86. The predicted molar refractivity (Wildman–Crippen MR) is 158 cm³/mol. The maximum atomic E-state index is 13.7. The highest BCUT2D eigenvalue weighted by Crippen LogP contribution is 2.38. The molecule has 0 aromatic heterocycles. The molecule has 5 aromatic rings. The normalized spacial score (nSPS) is 10.4. The summed E-state index contributed by atoms with van der Waals surface area (Å²) in [6.45, 7) is 3.61. The van der Waals surface area contributed by atoms with Crippen LogP contribution in [0.25, 0.3) is 0 Å². The van der Waals surface area contributed by atoms with E-state index in [2.05, 4.69) is 0 Å². The second kappa shape index (κ2) is 12.0. The largest absolute Gasteiger partial charge is 0.424 e. The van der Waals surface area contributed by atoms with Gasteiger partial charge in [-0.1, -0.05) is 84.9 Å². The molecule has 5 aromatic carbocycles. The van der Waals surface area contributed by atoms with Crippen LogP contribution in [0.3, 0.4) is 0 Å². The Morgan fingerprint density at radius 3 is 0.925 bits per heavy atom. The molecule has 6 nitrogen and oxygen atoms in total. The van der Waals surface area contributed by atoms with Crippen LogP contribution < -0.4 is 19.3 Å². The average molecular weight is 529 g/mol. The first-order valence-corrected chi connectivity index (χ1v) is 12.9. The summed E-state index contributed by atoms with van der Waals surface area (Å²) < 4.78 is 12.0. The molecule has 5 rings (SSSR count). The highest BCUT2D eigenvalue weighted by Gasteiger charge is 2.27. The standard InChI is InChI=1S/C34H28N2O4/c1-25-23-24-26(2)32(40-34(38)36(29-19-11-5-12-20-29)30-21-13-6-14-22-30)31(25)39-33(37)35(27-15-7-3-8-16-27)28-17-9-4-10-18-28/h3-24H,1-2H3. The summed E-state index contributed by atoms with van der Waals surface area (Å²) in [4.78, 5) is 30.4. The second-order valence-corrected chi connectivity index (χ2v) is 9.11. The minimum Gasteiger partial charge on any atom is -0.405 e. The first-order chi connectivity index (χ1) is 19.5. The van der Waals surface area contributed by atoms with Gasteiger partial charge in [-0.15, -0.1) is 0 Å². The molecule has 0 saturated heterocycles. The van der Waals surface area contributed by atoms with Crippen molar-refractivity contribution in [1.29, 1.82) is 0 Å². The van der Waals surface area contributed by atoms with E-state index in [0.29, 0.717) is 33.9 Å². The third-order valence-electron chi connectivity index (χ3n) is 6.31. The van der Waals surface area contributed by atoms with Crippen molar-refractivity contribution in [3.05, 3.63) is 145 Å². The van der Waals surface area contributed by atoms with Crippen LogP contribution in [0.15, 0.2) is 133 Å². The van der Waals surface area contributed by atoms with E-state index in [9.17, 15) is 9.59 Å². The Labute approximate surface area is 233 Å². The van der Waals surface area contributed by atoms with Crippen LogP contribution in [0.2, 0.25) is 0 Å². The summed E-state index contributed by atoms with van der Waals surface area (Å²) in [5.74, 6) is 0.354. The highest BCUT2D eigenvalue weighted by molar-refractivity contribution is 5.99. The number of carbonyl (C=O) groups excluding carboxylic acids is 2. The number of rotatable bonds is 6. The second-order valence-electron chi connectivity index (χ2n) is 9.11. The zero-order chi connectivity index (χ0) is 27.9. The Morgan fingerprint density at radius 1 is 0.425 bits per heavy atom. The van der Waals surface area contributed by atoms with Gasteiger partial charge in [0.15, 0.2) is 11.5 Å². The number of aryl methyl sites for hydroxylation is 2. The number of hydrogen-bond acceptors (Lipinski definition) is 4. The molecular weight excluding hydrogens is 500 g/mol. The lowest BCUT2D eigenvalue weighted by molar-refractivity contribution is 0.199. The molecular formula is C34H28N2O4. The summed E-state index contributed by atoms with van der Waals surface area (Å²) in [7, 11) is 0.